The van der Waals surface area contributed by atoms with Gasteiger partial charge in [-0.3, -0.25) is 9.59 Å². The molecule has 2 amide bonds. The van der Waals surface area contributed by atoms with Crippen molar-refractivity contribution in [3.8, 4) is 11.5 Å². The van der Waals surface area contributed by atoms with Crippen molar-refractivity contribution in [1.82, 2.24) is 9.80 Å². The standard InChI is InChI=1S/C22H22Cl2N2O4/c23-17-1-5-19(6-2-17)29-13-21(27)25-9-15-11-26(12-16(15)10-25)22(28)14-30-20-7-3-18(24)4-8-20/h1-8,15-16H,9-14H2. The Bertz CT molecular complexity index is 817. The molecule has 0 unspecified atom stereocenters. The van der Waals surface area contributed by atoms with Crippen LogP contribution in [0.1, 0.15) is 0 Å². The first-order valence-corrected chi connectivity index (χ1v) is 10.6. The third kappa shape index (κ3) is 4.99. The van der Waals surface area contributed by atoms with Crippen LogP contribution in [0.2, 0.25) is 10.0 Å². The van der Waals surface area contributed by atoms with Crippen molar-refractivity contribution in [2.75, 3.05) is 39.4 Å². The Labute approximate surface area is 185 Å². The summed E-state index contributed by atoms with van der Waals surface area (Å²) in [5.74, 6) is 1.74. The van der Waals surface area contributed by atoms with E-state index < -0.39 is 0 Å². The number of benzene rings is 2. The molecule has 2 aliphatic rings. The zero-order valence-electron chi connectivity index (χ0n) is 16.3. The zero-order chi connectivity index (χ0) is 21.1. The van der Waals surface area contributed by atoms with E-state index in [0.29, 0.717) is 59.6 Å². The number of carbonyl (C=O) groups is 2. The first kappa shape index (κ1) is 20.8. The van der Waals surface area contributed by atoms with Gasteiger partial charge in [-0.2, -0.15) is 0 Å². The fraction of sp³-hybridized carbons (Fsp3) is 0.364. The number of amides is 2. The van der Waals surface area contributed by atoms with E-state index in [-0.39, 0.29) is 25.0 Å². The fourth-order valence-corrected chi connectivity index (χ4v) is 4.19. The van der Waals surface area contributed by atoms with Crippen LogP contribution in [0.4, 0.5) is 0 Å². The largest absolute Gasteiger partial charge is 0.484 e. The SMILES string of the molecule is O=C(COc1ccc(Cl)cc1)N1CC2CN(C(=O)COc3ccc(Cl)cc3)CC2C1. The van der Waals surface area contributed by atoms with Crippen LogP contribution in [0.25, 0.3) is 0 Å². The Balaban J connectivity index is 1.21. The number of fused-ring (bicyclic) bond motifs is 1. The first-order chi connectivity index (χ1) is 14.5. The Hall–Kier alpha value is -2.44. The van der Waals surface area contributed by atoms with Gasteiger partial charge in [-0.05, 0) is 48.5 Å². The van der Waals surface area contributed by atoms with E-state index >= 15 is 0 Å². The minimum Gasteiger partial charge on any atom is -0.484 e. The van der Waals surface area contributed by atoms with Gasteiger partial charge in [-0.1, -0.05) is 23.2 Å². The highest BCUT2D eigenvalue weighted by molar-refractivity contribution is 6.30. The molecular weight excluding hydrogens is 427 g/mol. The molecule has 0 aromatic heterocycles. The van der Waals surface area contributed by atoms with Crippen LogP contribution < -0.4 is 9.47 Å². The topological polar surface area (TPSA) is 59.1 Å². The van der Waals surface area contributed by atoms with Gasteiger partial charge in [0, 0.05) is 48.1 Å². The quantitative estimate of drug-likeness (QED) is 0.679. The molecule has 0 N–H and O–H groups in total. The monoisotopic (exact) mass is 448 g/mol. The molecule has 2 saturated heterocycles. The molecule has 0 aliphatic carbocycles. The second kappa shape index (κ2) is 9.14. The van der Waals surface area contributed by atoms with Gasteiger partial charge in [0.1, 0.15) is 11.5 Å². The van der Waals surface area contributed by atoms with Gasteiger partial charge >= 0.3 is 0 Å². The van der Waals surface area contributed by atoms with Crippen molar-refractivity contribution < 1.29 is 19.1 Å². The second-order valence-electron chi connectivity index (χ2n) is 7.60. The lowest BCUT2D eigenvalue weighted by molar-refractivity contribution is -0.133. The van der Waals surface area contributed by atoms with E-state index in [4.69, 9.17) is 32.7 Å². The van der Waals surface area contributed by atoms with E-state index in [1.165, 1.54) is 0 Å². The summed E-state index contributed by atoms with van der Waals surface area (Å²) in [7, 11) is 0. The summed E-state index contributed by atoms with van der Waals surface area (Å²) in [6.07, 6.45) is 0. The Kier molecular flexibility index (Phi) is 6.35. The van der Waals surface area contributed by atoms with Crippen LogP contribution in [0.5, 0.6) is 11.5 Å². The maximum atomic E-state index is 12.5. The second-order valence-corrected chi connectivity index (χ2v) is 8.48. The van der Waals surface area contributed by atoms with Crippen molar-refractivity contribution in [2.45, 2.75) is 0 Å². The minimum atomic E-state index is -0.0386. The third-order valence-electron chi connectivity index (χ3n) is 5.54. The summed E-state index contributed by atoms with van der Waals surface area (Å²) < 4.78 is 11.1. The molecule has 2 heterocycles. The molecule has 8 heteroatoms. The number of likely N-dealkylation sites (tertiary alicyclic amines) is 2. The van der Waals surface area contributed by atoms with Crippen molar-refractivity contribution in [1.29, 1.82) is 0 Å². The van der Waals surface area contributed by atoms with E-state index in [2.05, 4.69) is 0 Å². The average Bonchev–Trinajstić information content (AvgIpc) is 3.32. The summed E-state index contributed by atoms with van der Waals surface area (Å²) in [6.45, 7) is 2.59. The summed E-state index contributed by atoms with van der Waals surface area (Å²) >= 11 is 11.7. The number of nitrogens with zero attached hydrogens (tertiary/aromatic N) is 2. The van der Waals surface area contributed by atoms with Crippen molar-refractivity contribution in [3.05, 3.63) is 58.6 Å². The highest BCUT2D eigenvalue weighted by Gasteiger charge is 2.43. The predicted octanol–water partition coefficient (Wildman–Crippen LogP) is 3.37. The van der Waals surface area contributed by atoms with Crippen molar-refractivity contribution in [2.24, 2.45) is 11.8 Å². The molecule has 158 valence electrons. The summed E-state index contributed by atoms with van der Waals surface area (Å²) in [6, 6.07) is 13.9. The molecule has 6 nitrogen and oxygen atoms in total. The van der Waals surface area contributed by atoms with Crippen molar-refractivity contribution in [3.63, 3.8) is 0 Å². The molecule has 0 saturated carbocycles. The number of carbonyl (C=O) groups excluding carboxylic acids is 2. The summed E-state index contributed by atoms with van der Waals surface area (Å²) in [5.41, 5.74) is 0. The zero-order valence-corrected chi connectivity index (χ0v) is 17.8. The Morgan fingerprint density at radius 1 is 0.700 bits per heavy atom. The van der Waals surface area contributed by atoms with Gasteiger partial charge in [0.15, 0.2) is 13.2 Å². The maximum absolute atomic E-state index is 12.5. The van der Waals surface area contributed by atoms with Crippen molar-refractivity contribution >= 4 is 35.0 Å². The number of ether oxygens (including phenoxy) is 2. The molecule has 2 aromatic carbocycles. The number of halogens is 2. The molecule has 0 atom stereocenters. The Morgan fingerprint density at radius 3 is 1.37 bits per heavy atom. The molecule has 0 bridgehead atoms. The molecule has 2 aromatic rings. The van der Waals surface area contributed by atoms with Gasteiger partial charge in [0.05, 0.1) is 0 Å². The highest BCUT2D eigenvalue weighted by atomic mass is 35.5. The summed E-state index contributed by atoms with van der Waals surface area (Å²) in [5, 5.41) is 1.25. The molecular formula is C22H22Cl2N2O4. The summed E-state index contributed by atoms with van der Waals surface area (Å²) in [4.78, 5) is 28.6. The van der Waals surface area contributed by atoms with E-state index in [1.807, 2.05) is 9.80 Å². The molecule has 0 spiro atoms. The normalized spacial score (nSPS) is 20.2. The Morgan fingerprint density at radius 2 is 1.03 bits per heavy atom. The van der Waals surface area contributed by atoms with E-state index in [0.717, 1.165) is 0 Å². The van der Waals surface area contributed by atoms with Gasteiger partial charge in [0.2, 0.25) is 0 Å². The third-order valence-corrected chi connectivity index (χ3v) is 6.05. The minimum absolute atomic E-state index is 0.00134. The van der Waals surface area contributed by atoms with Gasteiger partial charge < -0.3 is 19.3 Å². The molecule has 30 heavy (non-hydrogen) atoms. The molecule has 2 aliphatic heterocycles. The van der Waals surface area contributed by atoms with E-state index in [1.54, 1.807) is 48.5 Å². The molecule has 4 rings (SSSR count). The maximum Gasteiger partial charge on any atom is 0.260 e. The lowest BCUT2D eigenvalue weighted by Gasteiger charge is -2.22. The predicted molar refractivity (Wildman–Crippen MR) is 114 cm³/mol. The van der Waals surface area contributed by atoms with Crippen LogP contribution in [-0.2, 0) is 9.59 Å². The molecule has 0 radical (unpaired) electrons. The van der Waals surface area contributed by atoms with Crippen LogP contribution in [0.3, 0.4) is 0 Å². The number of hydrogen-bond acceptors (Lipinski definition) is 4. The fourth-order valence-electron chi connectivity index (χ4n) is 3.93. The van der Waals surface area contributed by atoms with Gasteiger partial charge in [0.25, 0.3) is 11.8 Å². The molecule has 2 fully saturated rings. The van der Waals surface area contributed by atoms with Crippen LogP contribution >= 0.6 is 23.2 Å². The van der Waals surface area contributed by atoms with Crippen LogP contribution in [0, 0.1) is 11.8 Å². The lowest BCUT2D eigenvalue weighted by Crippen LogP contribution is -2.39. The van der Waals surface area contributed by atoms with Crippen LogP contribution in [-0.4, -0.2) is 61.0 Å². The highest BCUT2D eigenvalue weighted by Crippen LogP contribution is 2.31. The average molecular weight is 449 g/mol. The first-order valence-electron chi connectivity index (χ1n) is 9.80. The number of rotatable bonds is 6. The van der Waals surface area contributed by atoms with E-state index in [9.17, 15) is 9.59 Å². The van der Waals surface area contributed by atoms with Gasteiger partial charge in [-0.15, -0.1) is 0 Å². The lowest BCUT2D eigenvalue weighted by atomic mass is 10.0. The van der Waals surface area contributed by atoms with Gasteiger partial charge in [-0.25, -0.2) is 0 Å². The number of hydrogen-bond donors (Lipinski definition) is 0. The smallest absolute Gasteiger partial charge is 0.260 e. The van der Waals surface area contributed by atoms with Crippen LogP contribution in [0.15, 0.2) is 48.5 Å².